The Kier molecular flexibility index (Phi) is 3.54. The maximum atomic E-state index is 12.1. The molecule has 3 rings (SSSR count). The highest BCUT2D eigenvalue weighted by Gasteiger charge is 2.27. The number of aromatic amines is 1. The third-order valence-corrected chi connectivity index (χ3v) is 4.40. The van der Waals surface area contributed by atoms with Crippen LogP contribution in [0.1, 0.15) is 18.8 Å². The van der Waals surface area contributed by atoms with E-state index in [1.807, 2.05) is 24.3 Å². The molecule has 1 saturated heterocycles. The van der Waals surface area contributed by atoms with E-state index < -0.39 is 0 Å². The number of hydrogen-bond acceptors (Lipinski definition) is 2. The van der Waals surface area contributed by atoms with Crippen molar-refractivity contribution in [1.82, 2.24) is 9.97 Å². The van der Waals surface area contributed by atoms with E-state index >= 15 is 0 Å². The highest BCUT2D eigenvalue weighted by molar-refractivity contribution is 5.77. The number of nitrogens with zero attached hydrogens (tertiary/aromatic N) is 1. The number of H-pyrrole nitrogens is 1. The van der Waals surface area contributed by atoms with Gasteiger partial charge in [0, 0.05) is 0 Å². The van der Waals surface area contributed by atoms with Gasteiger partial charge in [0.25, 0.3) is 5.56 Å². The van der Waals surface area contributed by atoms with Crippen molar-refractivity contribution >= 4 is 10.9 Å². The van der Waals surface area contributed by atoms with Crippen LogP contribution >= 0.6 is 0 Å². The lowest BCUT2D eigenvalue weighted by Crippen LogP contribution is -3.26. The molecule has 1 aromatic heterocycles. The number of hydrogen-bond donors (Lipinski definition) is 3. The minimum Gasteiger partial charge on any atom is -0.328 e. The zero-order valence-electron chi connectivity index (χ0n) is 12.1. The normalized spacial score (nSPS) is 24.7. The minimum atomic E-state index is -0.0309. The van der Waals surface area contributed by atoms with Crippen LogP contribution in [-0.4, -0.2) is 43.2 Å². The number of rotatable bonds is 2. The number of benzene rings is 1. The van der Waals surface area contributed by atoms with Crippen molar-refractivity contribution in [1.29, 1.82) is 0 Å². The second-order valence-electron chi connectivity index (χ2n) is 5.81. The summed E-state index contributed by atoms with van der Waals surface area (Å²) in [6.07, 6.45) is 0. The smallest absolute Gasteiger partial charge is 0.258 e. The predicted molar refractivity (Wildman–Crippen MR) is 78.1 cm³/mol. The lowest BCUT2D eigenvalue weighted by Gasteiger charge is -2.31. The number of likely N-dealkylation sites (N-methyl/N-ethyl adjacent to an activating group) is 1. The SMILES string of the molecule is C[C@H](c1nc2ccccc2c(=O)[nH]1)[NH+]1CC[NH+](C)CC1. The highest BCUT2D eigenvalue weighted by atomic mass is 16.1. The number of fused-ring (bicyclic) bond motifs is 1. The van der Waals surface area contributed by atoms with Crippen molar-refractivity contribution < 1.29 is 9.80 Å². The maximum Gasteiger partial charge on any atom is 0.258 e. The van der Waals surface area contributed by atoms with Crippen molar-refractivity contribution in [3.63, 3.8) is 0 Å². The Balaban J connectivity index is 1.92. The second kappa shape index (κ2) is 5.34. The highest BCUT2D eigenvalue weighted by Crippen LogP contribution is 2.08. The van der Waals surface area contributed by atoms with Gasteiger partial charge in [0.1, 0.15) is 32.2 Å². The summed E-state index contributed by atoms with van der Waals surface area (Å²) in [5.74, 6) is 0.809. The van der Waals surface area contributed by atoms with Crippen molar-refractivity contribution in [2.45, 2.75) is 13.0 Å². The average molecular weight is 274 g/mol. The van der Waals surface area contributed by atoms with Crippen LogP contribution in [0.25, 0.3) is 10.9 Å². The van der Waals surface area contributed by atoms with Crippen molar-refractivity contribution in [2.24, 2.45) is 0 Å². The molecule has 1 atom stereocenters. The third kappa shape index (κ3) is 2.46. The van der Waals surface area contributed by atoms with Gasteiger partial charge in [-0.3, -0.25) is 4.79 Å². The zero-order valence-corrected chi connectivity index (χ0v) is 12.1. The van der Waals surface area contributed by atoms with Gasteiger partial charge in [-0.1, -0.05) is 12.1 Å². The van der Waals surface area contributed by atoms with Crippen LogP contribution in [0.2, 0.25) is 0 Å². The van der Waals surface area contributed by atoms with Crippen LogP contribution in [0.3, 0.4) is 0 Å². The maximum absolute atomic E-state index is 12.1. The molecule has 1 aliphatic rings. The van der Waals surface area contributed by atoms with Crippen LogP contribution in [0.15, 0.2) is 29.1 Å². The van der Waals surface area contributed by atoms with Gasteiger partial charge in [-0.25, -0.2) is 4.98 Å². The molecule has 106 valence electrons. The predicted octanol–water partition coefficient (Wildman–Crippen LogP) is -1.60. The molecule has 5 nitrogen and oxygen atoms in total. The molecule has 0 bridgehead atoms. The number of piperazine rings is 1. The van der Waals surface area contributed by atoms with E-state index in [9.17, 15) is 4.79 Å². The fourth-order valence-electron chi connectivity index (χ4n) is 2.93. The van der Waals surface area contributed by atoms with Crippen LogP contribution in [0.5, 0.6) is 0 Å². The standard InChI is InChI=1S/C15H20N4O/c1-11(19-9-7-18(2)8-10-19)14-16-13-6-4-3-5-12(13)15(20)17-14/h3-6,11H,7-10H2,1-2H3,(H,16,17,20)/p+2/t11-/m1/s1. The van der Waals surface area contributed by atoms with Gasteiger partial charge in [-0.05, 0) is 19.1 Å². The quantitative estimate of drug-likeness (QED) is 0.618. The molecule has 0 aliphatic carbocycles. The first-order valence-electron chi connectivity index (χ1n) is 7.30. The van der Waals surface area contributed by atoms with E-state index in [2.05, 4.69) is 23.9 Å². The number of para-hydroxylation sites is 1. The molecule has 0 radical (unpaired) electrons. The fourth-order valence-corrected chi connectivity index (χ4v) is 2.93. The molecular weight excluding hydrogens is 252 g/mol. The Hall–Kier alpha value is -1.72. The second-order valence-corrected chi connectivity index (χ2v) is 5.81. The molecule has 1 fully saturated rings. The number of quaternary nitrogens is 2. The first kappa shape index (κ1) is 13.3. The van der Waals surface area contributed by atoms with Gasteiger partial charge in [0.05, 0.1) is 18.0 Å². The van der Waals surface area contributed by atoms with Crippen LogP contribution < -0.4 is 15.4 Å². The largest absolute Gasteiger partial charge is 0.328 e. The summed E-state index contributed by atoms with van der Waals surface area (Å²) in [5.41, 5.74) is 0.758. The molecule has 0 spiro atoms. The first-order chi connectivity index (χ1) is 9.65. The Morgan fingerprint density at radius 2 is 1.90 bits per heavy atom. The fraction of sp³-hybridized carbons (Fsp3) is 0.467. The summed E-state index contributed by atoms with van der Waals surface area (Å²) in [5, 5.41) is 0.668. The molecule has 20 heavy (non-hydrogen) atoms. The van der Waals surface area contributed by atoms with Gasteiger partial charge in [0.15, 0.2) is 5.82 Å². The van der Waals surface area contributed by atoms with Gasteiger partial charge in [-0.2, -0.15) is 0 Å². The van der Waals surface area contributed by atoms with E-state index in [0.717, 1.165) is 24.4 Å². The summed E-state index contributed by atoms with van der Waals surface area (Å²) in [7, 11) is 2.23. The summed E-state index contributed by atoms with van der Waals surface area (Å²) in [6.45, 7) is 6.77. The van der Waals surface area contributed by atoms with E-state index in [1.165, 1.54) is 18.0 Å². The van der Waals surface area contributed by atoms with Gasteiger partial charge >= 0.3 is 0 Å². The van der Waals surface area contributed by atoms with E-state index in [4.69, 9.17) is 0 Å². The van der Waals surface area contributed by atoms with Crippen molar-refractivity contribution in [2.75, 3.05) is 33.2 Å². The van der Waals surface area contributed by atoms with Crippen LogP contribution in [0, 0.1) is 0 Å². The van der Waals surface area contributed by atoms with Crippen molar-refractivity contribution in [3.05, 3.63) is 40.4 Å². The zero-order chi connectivity index (χ0) is 14.1. The van der Waals surface area contributed by atoms with E-state index in [1.54, 1.807) is 4.90 Å². The number of nitrogens with one attached hydrogen (secondary N) is 3. The Bertz CT molecular complexity index is 658. The third-order valence-electron chi connectivity index (χ3n) is 4.40. The molecule has 2 aromatic rings. The Morgan fingerprint density at radius 3 is 2.65 bits per heavy atom. The van der Waals surface area contributed by atoms with Gasteiger partial charge < -0.3 is 14.8 Å². The van der Waals surface area contributed by atoms with E-state index in [0.29, 0.717) is 5.39 Å². The molecule has 1 aromatic carbocycles. The molecular formula is C15H22N4O+2. The average Bonchev–Trinajstić information content (AvgIpc) is 2.47. The summed E-state index contributed by atoms with van der Waals surface area (Å²) in [4.78, 5) is 22.8. The van der Waals surface area contributed by atoms with Crippen LogP contribution in [0.4, 0.5) is 0 Å². The monoisotopic (exact) mass is 274 g/mol. The summed E-state index contributed by atoms with van der Waals surface area (Å²) < 4.78 is 0. The number of aromatic nitrogens is 2. The molecule has 2 heterocycles. The topological polar surface area (TPSA) is 54.6 Å². The lowest BCUT2D eigenvalue weighted by atomic mass is 10.2. The van der Waals surface area contributed by atoms with Gasteiger partial charge in [-0.15, -0.1) is 0 Å². The molecule has 3 N–H and O–H groups in total. The minimum absolute atomic E-state index is 0.0309. The Labute approximate surface area is 118 Å². The Morgan fingerprint density at radius 1 is 1.20 bits per heavy atom. The molecule has 0 unspecified atom stereocenters. The van der Waals surface area contributed by atoms with Crippen LogP contribution in [-0.2, 0) is 0 Å². The lowest BCUT2D eigenvalue weighted by molar-refractivity contribution is -1.02. The van der Waals surface area contributed by atoms with Gasteiger partial charge in [0.2, 0.25) is 0 Å². The molecule has 1 aliphatic heterocycles. The molecule has 0 saturated carbocycles. The first-order valence-corrected chi connectivity index (χ1v) is 7.30. The molecule has 0 amide bonds. The molecule has 5 heteroatoms. The van der Waals surface area contributed by atoms with Crippen molar-refractivity contribution in [3.8, 4) is 0 Å². The summed E-state index contributed by atoms with van der Waals surface area (Å²) in [6, 6.07) is 7.76. The summed E-state index contributed by atoms with van der Waals surface area (Å²) >= 11 is 0. The van der Waals surface area contributed by atoms with E-state index in [-0.39, 0.29) is 11.6 Å².